The number of nitrogens with two attached hydrogens (primary N) is 2. The van der Waals surface area contributed by atoms with E-state index >= 15 is 4.39 Å². The zero-order valence-electron chi connectivity index (χ0n) is 34.7. The molecule has 0 radical (unpaired) electrons. The van der Waals surface area contributed by atoms with Crippen molar-refractivity contribution in [2.75, 3.05) is 19.9 Å². The molecule has 342 valence electrons. The summed E-state index contributed by atoms with van der Waals surface area (Å²) in [6.45, 7) is 5.99. The molecule has 4 atom stereocenters. The van der Waals surface area contributed by atoms with Crippen molar-refractivity contribution in [1.82, 2.24) is 30.8 Å². The number of alkyl halides is 3. The lowest BCUT2D eigenvalue weighted by atomic mass is 9.81. The summed E-state index contributed by atoms with van der Waals surface area (Å²) in [4.78, 5) is 90.4. The van der Waals surface area contributed by atoms with E-state index in [1.54, 1.807) is 33.8 Å². The van der Waals surface area contributed by atoms with E-state index in [0.717, 1.165) is 5.56 Å². The first-order valence-electron chi connectivity index (χ1n) is 19.9. The second-order valence-electron chi connectivity index (χ2n) is 15.6. The van der Waals surface area contributed by atoms with E-state index in [0.29, 0.717) is 58.2 Å². The Kier molecular flexibility index (Phi) is 14.5. The van der Waals surface area contributed by atoms with Crippen molar-refractivity contribution in [2.45, 2.75) is 103 Å². The minimum Gasteiger partial charge on any atom is -0.475 e. The number of carboxylic acids is 1. The number of carbonyl (C=O) groups is 6. The fourth-order valence-corrected chi connectivity index (χ4v) is 7.68. The lowest BCUT2D eigenvalue weighted by Gasteiger charge is -2.31. The number of fused-ring (bicyclic) bond motifs is 5. The maximum atomic E-state index is 15.3. The Morgan fingerprint density at radius 3 is 2.40 bits per heavy atom. The third kappa shape index (κ3) is 10.0. The van der Waals surface area contributed by atoms with Gasteiger partial charge in [-0.3, -0.25) is 19.2 Å². The van der Waals surface area contributed by atoms with Crippen LogP contribution in [0.2, 0.25) is 0 Å². The Morgan fingerprint density at radius 2 is 1.78 bits per heavy atom. The number of primary amides is 1. The summed E-state index contributed by atoms with van der Waals surface area (Å²) in [7, 11) is 0. The van der Waals surface area contributed by atoms with Gasteiger partial charge in [-0.1, -0.05) is 20.8 Å². The van der Waals surface area contributed by atoms with Crippen LogP contribution in [0, 0.1) is 18.7 Å². The van der Waals surface area contributed by atoms with Gasteiger partial charge in [0.05, 0.1) is 41.1 Å². The number of aliphatic hydroxyl groups is 1. The summed E-state index contributed by atoms with van der Waals surface area (Å²) < 4.78 is 59.2. The molecule has 19 nitrogen and oxygen atoms in total. The SMILES string of the molecule is CC[C@@]1(O)C(=O)OCc2c1cc1n(c2=O)Cc2c-1nc1cc(F)c(C)c3c1c2[C@@H](NC(=O)COCNC(=O)[C@H](CCCNC(N)=O)NC(=O)[C@@H](N)C(C)C)CC3.O=C(O)C(F)(F)F. The minimum atomic E-state index is -5.08. The summed E-state index contributed by atoms with van der Waals surface area (Å²) in [5.74, 6) is -5.85. The number of amides is 5. The van der Waals surface area contributed by atoms with E-state index in [9.17, 15) is 47.0 Å². The van der Waals surface area contributed by atoms with Crippen molar-refractivity contribution >= 4 is 46.6 Å². The molecule has 0 unspecified atom stereocenters. The van der Waals surface area contributed by atoms with Crippen LogP contribution >= 0.6 is 0 Å². The largest absolute Gasteiger partial charge is 0.490 e. The monoisotopic (exact) mass is 892 g/mol. The number of hydrogen-bond donors (Lipinski definition) is 8. The topological polar surface area (TPSA) is 296 Å². The molecule has 0 fully saturated rings. The predicted molar refractivity (Wildman–Crippen MR) is 213 cm³/mol. The Labute approximate surface area is 356 Å². The van der Waals surface area contributed by atoms with Crippen LogP contribution < -0.4 is 38.3 Å². The molecule has 2 aliphatic heterocycles. The van der Waals surface area contributed by atoms with Gasteiger partial charge in [0, 0.05) is 29.1 Å². The maximum absolute atomic E-state index is 15.3. The second-order valence-corrected chi connectivity index (χ2v) is 15.6. The van der Waals surface area contributed by atoms with Crippen molar-refractivity contribution in [1.29, 1.82) is 0 Å². The van der Waals surface area contributed by atoms with E-state index in [4.69, 9.17) is 35.8 Å². The Hall–Kier alpha value is -6.20. The number of aliphatic carboxylic acids is 1. The Bertz CT molecular complexity index is 2410. The number of hydrogen-bond acceptors (Lipinski definition) is 12. The number of pyridine rings is 2. The molecule has 63 heavy (non-hydrogen) atoms. The Morgan fingerprint density at radius 1 is 1.10 bits per heavy atom. The van der Waals surface area contributed by atoms with Gasteiger partial charge >= 0.3 is 24.1 Å². The number of esters is 1. The number of nitrogens with one attached hydrogen (secondary N) is 4. The molecule has 0 saturated heterocycles. The summed E-state index contributed by atoms with van der Waals surface area (Å²) >= 11 is 0. The van der Waals surface area contributed by atoms with Crippen LogP contribution in [0.5, 0.6) is 0 Å². The van der Waals surface area contributed by atoms with Crippen LogP contribution in [-0.2, 0) is 58.6 Å². The number of ether oxygens (including phenoxy) is 2. The second kappa shape index (κ2) is 19.0. The molecule has 0 saturated carbocycles. The van der Waals surface area contributed by atoms with Crippen LogP contribution in [0.3, 0.4) is 0 Å². The van der Waals surface area contributed by atoms with E-state index in [1.807, 2.05) is 0 Å². The molecular weight excluding hydrogens is 844 g/mol. The third-order valence-corrected chi connectivity index (χ3v) is 11.2. The molecule has 1 aliphatic carbocycles. The van der Waals surface area contributed by atoms with Crippen molar-refractivity contribution in [3.63, 3.8) is 0 Å². The highest BCUT2D eigenvalue weighted by Crippen LogP contribution is 2.46. The quantitative estimate of drug-likeness (QED) is 0.0384. The first-order chi connectivity index (χ1) is 29.5. The maximum Gasteiger partial charge on any atom is 0.490 e. The van der Waals surface area contributed by atoms with Gasteiger partial charge in [0.1, 0.15) is 31.8 Å². The van der Waals surface area contributed by atoms with Crippen LogP contribution in [0.1, 0.15) is 85.9 Å². The van der Waals surface area contributed by atoms with E-state index in [-0.39, 0.29) is 56.3 Å². The molecule has 2 aromatic heterocycles. The first-order valence-corrected chi connectivity index (χ1v) is 19.9. The zero-order valence-corrected chi connectivity index (χ0v) is 34.7. The number of cyclic esters (lactones) is 1. The standard InChI is InChI=1S/C38H47FN8O9.C2HF3O2/c1-5-38(54)22-11-27-32-20(13-47(27)35(51)21(22)14-56-36(38)52)30-24(9-8-19-18(4)23(39)12-26(45-32)29(19)30)44-28(48)15-55-16-43-33(49)25(7-6-10-42-37(41)53)46-34(50)31(40)17(2)3;3-2(4,5)1(6)7/h11-12,17,24-25,31,54H,5-10,13-16,40H2,1-4H3,(H,43,49)(H,44,48)(H,46,50)(H3,41,42,53);(H,6,7)/t24-,25-,31-,38-;/m0./s1. The van der Waals surface area contributed by atoms with E-state index in [1.165, 1.54) is 10.6 Å². The molecule has 3 aromatic rings. The van der Waals surface area contributed by atoms with Gasteiger partial charge in [0.15, 0.2) is 5.60 Å². The van der Waals surface area contributed by atoms with Gasteiger partial charge in [0.2, 0.25) is 17.7 Å². The van der Waals surface area contributed by atoms with E-state index < -0.39 is 83.6 Å². The molecular formula is C40H48F4N8O11. The average Bonchev–Trinajstić information content (AvgIpc) is 3.59. The number of aryl methyl sites for hydroxylation is 1. The van der Waals surface area contributed by atoms with Crippen molar-refractivity contribution < 1.29 is 66.0 Å². The first kappa shape index (κ1) is 47.8. The highest BCUT2D eigenvalue weighted by atomic mass is 19.4. The average molecular weight is 893 g/mol. The number of aromatic nitrogens is 2. The van der Waals surface area contributed by atoms with Crippen LogP contribution in [0.25, 0.3) is 22.3 Å². The summed E-state index contributed by atoms with van der Waals surface area (Å²) in [5.41, 5.74) is 12.5. The van der Waals surface area contributed by atoms with Gasteiger partial charge in [-0.2, -0.15) is 13.2 Å². The van der Waals surface area contributed by atoms with Crippen molar-refractivity contribution in [3.8, 4) is 11.4 Å². The van der Waals surface area contributed by atoms with Gasteiger partial charge in [-0.25, -0.2) is 23.8 Å². The molecule has 10 N–H and O–H groups in total. The molecule has 4 heterocycles. The zero-order chi connectivity index (χ0) is 46.7. The molecule has 5 amide bonds. The van der Waals surface area contributed by atoms with Gasteiger partial charge in [0.25, 0.3) is 5.56 Å². The minimum absolute atomic E-state index is 0.0288. The number of urea groups is 1. The third-order valence-electron chi connectivity index (χ3n) is 11.2. The van der Waals surface area contributed by atoms with Crippen molar-refractivity contribution in [3.05, 3.63) is 61.7 Å². The Balaban J connectivity index is 0.000000985. The molecule has 1 aromatic carbocycles. The number of halogens is 4. The van der Waals surface area contributed by atoms with Gasteiger partial charge in [-0.05, 0) is 67.7 Å². The number of rotatable bonds is 14. The molecule has 3 aliphatic rings. The molecule has 6 rings (SSSR count). The highest BCUT2D eigenvalue weighted by Gasteiger charge is 2.46. The van der Waals surface area contributed by atoms with Crippen molar-refractivity contribution in [2.24, 2.45) is 17.4 Å². The molecule has 0 spiro atoms. The smallest absolute Gasteiger partial charge is 0.475 e. The lowest BCUT2D eigenvalue weighted by molar-refractivity contribution is -0.192. The van der Waals surface area contributed by atoms with Crippen LogP contribution in [0.15, 0.2) is 16.9 Å². The normalized spacial score (nSPS) is 18.1. The predicted octanol–water partition coefficient (Wildman–Crippen LogP) is 1.27. The molecule has 0 bridgehead atoms. The van der Waals surface area contributed by atoms with Gasteiger partial charge in [-0.15, -0.1) is 0 Å². The van der Waals surface area contributed by atoms with Gasteiger partial charge < -0.3 is 57.0 Å². The fraction of sp³-hybridized carbons (Fsp3) is 0.500. The summed E-state index contributed by atoms with van der Waals surface area (Å²) in [5, 5.41) is 29.7. The summed E-state index contributed by atoms with van der Waals surface area (Å²) in [6, 6.07) is -0.262. The molecule has 23 heteroatoms. The number of carboxylic acid groups (broad SMARTS) is 1. The van der Waals surface area contributed by atoms with E-state index in [2.05, 4.69) is 21.3 Å². The number of benzene rings is 1. The van der Waals surface area contributed by atoms with Crippen LogP contribution in [0.4, 0.5) is 22.4 Å². The number of carbonyl (C=O) groups excluding carboxylic acids is 5. The highest BCUT2D eigenvalue weighted by molar-refractivity contribution is 5.94. The number of nitrogens with zero attached hydrogens (tertiary/aromatic N) is 2. The lowest BCUT2D eigenvalue weighted by Crippen LogP contribution is -2.53. The summed E-state index contributed by atoms with van der Waals surface area (Å²) in [6.07, 6.45) is -3.80. The van der Waals surface area contributed by atoms with Crippen LogP contribution in [-0.4, -0.2) is 93.6 Å². The fourth-order valence-electron chi connectivity index (χ4n) is 7.68.